The summed E-state index contributed by atoms with van der Waals surface area (Å²) in [6.45, 7) is 4.72. The van der Waals surface area contributed by atoms with Crippen molar-refractivity contribution in [3.63, 3.8) is 0 Å². The monoisotopic (exact) mass is 181 g/mol. The Morgan fingerprint density at radius 3 is 2.15 bits per heavy atom. The topological polar surface area (TPSA) is 12.0 Å². The summed E-state index contributed by atoms with van der Waals surface area (Å²) in [6.07, 6.45) is 8.66. The molecule has 2 aliphatic carbocycles. The molecule has 2 saturated carbocycles. The van der Waals surface area contributed by atoms with Crippen LogP contribution in [0.1, 0.15) is 52.4 Å². The first-order chi connectivity index (χ1) is 6.25. The predicted octanol–water partition coefficient (Wildman–Crippen LogP) is 2.95. The molecular formula is C12H23N. The lowest BCUT2D eigenvalue weighted by molar-refractivity contribution is 0.157. The van der Waals surface area contributed by atoms with Crippen LogP contribution in [0.2, 0.25) is 0 Å². The molecule has 2 fully saturated rings. The molecule has 0 aromatic rings. The number of rotatable bonds is 3. The van der Waals surface area contributed by atoms with E-state index in [2.05, 4.69) is 19.2 Å². The van der Waals surface area contributed by atoms with Gasteiger partial charge in [0.25, 0.3) is 0 Å². The average Bonchev–Trinajstić information content (AvgIpc) is 2.46. The molecule has 0 saturated heterocycles. The fourth-order valence-corrected chi connectivity index (χ4v) is 2.77. The molecule has 0 spiro atoms. The highest BCUT2D eigenvalue weighted by molar-refractivity contribution is 4.89. The van der Waals surface area contributed by atoms with Gasteiger partial charge in [-0.25, -0.2) is 0 Å². The van der Waals surface area contributed by atoms with Gasteiger partial charge in [-0.3, -0.25) is 0 Å². The molecule has 0 aromatic carbocycles. The van der Waals surface area contributed by atoms with E-state index < -0.39 is 0 Å². The summed E-state index contributed by atoms with van der Waals surface area (Å²) in [5.41, 5.74) is 0. The van der Waals surface area contributed by atoms with Crippen molar-refractivity contribution < 1.29 is 0 Å². The van der Waals surface area contributed by atoms with Gasteiger partial charge < -0.3 is 5.32 Å². The van der Waals surface area contributed by atoms with E-state index in [4.69, 9.17) is 0 Å². The van der Waals surface area contributed by atoms with Crippen LogP contribution in [-0.2, 0) is 0 Å². The molecule has 1 heteroatoms. The van der Waals surface area contributed by atoms with Crippen LogP contribution in [0, 0.1) is 11.8 Å². The maximum atomic E-state index is 3.80. The minimum absolute atomic E-state index is 0.871. The van der Waals surface area contributed by atoms with Gasteiger partial charge in [0.1, 0.15) is 0 Å². The summed E-state index contributed by atoms with van der Waals surface area (Å²) in [5.74, 6) is 1.92. The zero-order valence-electron chi connectivity index (χ0n) is 9.05. The van der Waals surface area contributed by atoms with Crippen molar-refractivity contribution in [2.45, 2.75) is 64.5 Å². The van der Waals surface area contributed by atoms with Crippen molar-refractivity contribution in [3.8, 4) is 0 Å². The van der Waals surface area contributed by atoms with E-state index in [1.54, 1.807) is 0 Å². The second-order valence-electron chi connectivity index (χ2n) is 5.32. The van der Waals surface area contributed by atoms with Gasteiger partial charge in [-0.2, -0.15) is 0 Å². The molecule has 1 nitrogen and oxygen atoms in total. The van der Waals surface area contributed by atoms with Crippen molar-refractivity contribution in [2.24, 2.45) is 11.8 Å². The third-order valence-electron chi connectivity index (χ3n) is 3.94. The van der Waals surface area contributed by atoms with Crippen molar-refractivity contribution >= 4 is 0 Å². The lowest BCUT2D eigenvalue weighted by atomic mass is 9.73. The summed E-state index contributed by atoms with van der Waals surface area (Å²) >= 11 is 0. The zero-order chi connectivity index (χ0) is 9.26. The van der Waals surface area contributed by atoms with E-state index in [-0.39, 0.29) is 0 Å². The molecule has 0 heterocycles. The highest BCUT2D eigenvalue weighted by atomic mass is 15.0. The third-order valence-corrected chi connectivity index (χ3v) is 3.94. The van der Waals surface area contributed by atoms with E-state index in [0.717, 1.165) is 23.9 Å². The number of hydrogen-bond donors (Lipinski definition) is 1. The third kappa shape index (κ3) is 2.25. The van der Waals surface area contributed by atoms with Crippen LogP contribution in [0.15, 0.2) is 0 Å². The van der Waals surface area contributed by atoms with Crippen LogP contribution in [-0.4, -0.2) is 12.1 Å². The van der Waals surface area contributed by atoms with Crippen LogP contribution in [0.5, 0.6) is 0 Å². The molecule has 2 rings (SSSR count). The molecule has 0 atom stereocenters. The first-order valence-electron chi connectivity index (χ1n) is 6.01. The smallest absolute Gasteiger partial charge is 0.00751 e. The summed E-state index contributed by atoms with van der Waals surface area (Å²) < 4.78 is 0. The molecule has 0 aliphatic heterocycles. The van der Waals surface area contributed by atoms with Crippen LogP contribution in [0.25, 0.3) is 0 Å². The summed E-state index contributed by atoms with van der Waals surface area (Å²) in [7, 11) is 0. The normalized spacial score (nSPS) is 35.3. The molecule has 13 heavy (non-hydrogen) atoms. The van der Waals surface area contributed by atoms with Gasteiger partial charge in [0.05, 0.1) is 0 Å². The van der Waals surface area contributed by atoms with Gasteiger partial charge in [-0.15, -0.1) is 0 Å². The highest BCUT2D eigenvalue weighted by Gasteiger charge is 2.32. The van der Waals surface area contributed by atoms with Gasteiger partial charge in [0, 0.05) is 12.1 Å². The Bertz CT molecular complexity index is 153. The average molecular weight is 181 g/mol. The van der Waals surface area contributed by atoms with Gasteiger partial charge in [-0.05, 0) is 37.5 Å². The van der Waals surface area contributed by atoms with Crippen molar-refractivity contribution in [1.29, 1.82) is 0 Å². The Hall–Kier alpha value is -0.0400. The van der Waals surface area contributed by atoms with Crippen LogP contribution in [0.3, 0.4) is 0 Å². The lowest BCUT2D eigenvalue weighted by Crippen LogP contribution is -2.46. The molecule has 0 aromatic heterocycles. The fourth-order valence-electron chi connectivity index (χ4n) is 2.77. The second-order valence-corrected chi connectivity index (χ2v) is 5.32. The maximum Gasteiger partial charge on any atom is 0.00751 e. The maximum absolute atomic E-state index is 3.80. The Kier molecular flexibility index (Phi) is 2.92. The van der Waals surface area contributed by atoms with E-state index >= 15 is 0 Å². The standard InChI is InChI=1S/C12H23N/c1-9(2)10-7-12(8-10)13-11-5-3-4-6-11/h9-13H,3-8H2,1-2H3. The van der Waals surface area contributed by atoms with Crippen molar-refractivity contribution in [1.82, 2.24) is 5.32 Å². The minimum atomic E-state index is 0.871. The van der Waals surface area contributed by atoms with Gasteiger partial charge in [0.2, 0.25) is 0 Å². The molecule has 0 radical (unpaired) electrons. The van der Waals surface area contributed by atoms with Crippen LogP contribution < -0.4 is 5.32 Å². The molecule has 0 bridgehead atoms. The van der Waals surface area contributed by atoms with E-state index in [1.807, 2.05) is 0 Å². The first kappa shape index (κ1) is 9.51. The Morgan fingerprint density at radius 2 is 1.62 bits per heavy atom. The Balaban J connectivity index is 1.63. The highest BCUT2D eigenvalue weighted by Crippen LogP contribution is 2.34. The predicted molar refractivity (Wildman–Crippen MR) is 56.7 cm³/mol. The Labute approximate surface area is 82.3 Å². The Morgan fingerprint density at radius 1 is 1.00 bits per heavy atom. The van der Waals surface area contributed by atoms with Gasteiger partial charge in [-0.1, -0.05) is 26.7 Å². The van der Waals surface area contributed by atoms with Gasteiger partial charge in [0.15, 0.2) is 0 Å². The summed E-state index contributed by atoms with van der Waals surface area (Å²) in [4.78, 5) is 0. The van der Waals surface area contributed by atoms with Crippen molar-refractivity contribution in [2.75, 3.05) is 0 Å². The molecule has 76 valence electrons. The van der Waals surface area contributed by atoms with E-state index in [1.165, 1.54) is 38.5 Å². The summed E-state index contributed by atoms with van der Waals surface area (Å²) in [6, 6.07) is 1.74. The first-order valence-corrected chi connectivity index (χ1v) is 6.01. The van der Waals surface area contributed by atoms with Crippen LogP contribution in [0.4, 0.5) is 0 Å². The van der Waals surface area contributed by atoms with E-state index in [0.29, 0.717) is 0 Å². The zero-order valence-corrected chi connectivity index (χ0v) is 9.05. The SMILES string of the molecule is CC(C)C1CC(NC2CCCC2)C1. The number of nitrogens with one attached hydrogen (secondary N) is 1. The van der Waals surface area contributed by atoms with Gasteiger partial charge >= 0.3 is 0 Å². The quantitative estimate of drug-likeness (QED) is 0.706. The summed E-state index contributed by atoms with van der Waals surface area (Å²) in [5, 5.41) is 3.80. The van der Waals surface area contributed by atoms with Crippen LogP contribution >= 0.6 is 0 Å². The second kappa shape index (κ2) is 4.00. The number of hydrogen-bond acceptors (Lipinski definition) is 1. The molecule has 0 amide bonds. The minimum Gasteiger partial charge on any atom is -0.311 e. The molecule has 1 N–H and O–H groups in total. The fraction of sp³-hybridized carbons (Fsp3) is 1.00. The van der Waals surface area contributed by atoms with E-state index in [9.17, 15) is 0 Å². The molecular weight excluding hydrogens is 158 g/mol. The molecule has 2 aliphatic rings. The van der Waals surface area contributed by atoms with Crippen molar-refractivity contribution in [3.05, 3.63) is 0 Å². The molecule has 0 unspecified atom stereocenters. The lowest BCUT2D eigenvalue weighted by Gasteiger charge is -2.40. The largest absolute Gasteiger partial charge is 0.311 e.